The highest BCUT2D eigenvalue weighted by Gasteiger charge is 2.67. The summed E-state index contributed by atoms with van der Waals surface area (Å²) < 4.78 is 2.22. The maximum Gasteiger partial charge on any atom is 0.0949 e. The SMILES string of the molecule is CCCn1cnc([C@H]2CC[C@]3(O)C4CC[C@@H]5C[C@@H](O)CC[C@]5(C)C4CC[C@]23C)c1. The third-order valence-corrected chi connectivity index (χ3v) is 10.3. The minimum atomic E-state index is -0.556. The molecule has 0 aliphatic heterocycles. The van der Waals surface area contributed by atoms with Crippen LogP contribution >= 0.6 is 0 Å². The topological polar surface area (TPSA) is 58.3 Å². The molecule has 4 fully saturated rings. The molecule has 5 rings (SSSR count). The van der Waals surface area contributed by atoms with Crippen LogP contribution in [0.5, 0.6) is 0 Å². The molecular formula is C25H40N2O2. The zero-order chi connectivity index (χ0) is 20.4. The molecule has 1 aromatic rings. The maximum absolute atomic E-state index is 12.3. The molecule has 0 spiro atoms. The van der Waals surface area contributed by atoms with E-state index in [0.717, 1.165) is 57.9 Å². The summed E-state index contributed by atoms with van der Waals surface area (Å²) in [6.07, 6.45) is 15.0. The number of aliphatic hydroxyl groups excluding tert-OH is 1. The minimum Gasteiger partial charge on any atom is -0.393 e. The largest absolute Gasteiger partial charge is 0.393 e. The van der Waals surface area contributed by atoms with Crippen molar-refractivity contribution in [3.63, 3.8) is 0 Å². The second-order valence-corrected chi connectivity index (χ2v) is 11.4. The van der Waals surface area contributed by atoms with E-state index in [1.165, 1.54) is 18.5 Å². The van der Waals surface area contributed by atoms with Gasteiger partial charge in [-0.05, 0) is 87.4 Å². The Balaban J connectivity index is 1.44. The fraction of sp³-hybridized carbons (Fsp3) is 0.880. The van der Waals surface area contributed by atoms with E-state index in [9.17, 15) is 10.2 Å². The molecule has 29 heavy (non-hydrogen) atoms. The van der Waals surface area contributed by atoms with E-state index in [1.54, 1.807) is 0 Å². The van der Waals surface area contributed by atoms with E-state index in [-0.39, 0.29) is 11.5 Å². The summed E-state index contributed by atoms with van der Waals surface area (Å²) in [4.78, 5) is 4.80. The molecule has 0 amide bonds. The van der Waals surface area contributed by atoms with E-state index in [2.05, 4.69) is 31.5 Å². The summed E-state index contributed by atoms with van der Waals surface area (Å²) in [5.41, 5.74) is 0.895. The van der Waals surface area contributed by atoms with Crippen molar-refractivity contribution < 1.29 is 10.2 Å². The third kappa shape index (κ3) is 2.74. The van der Waals surface area contributed by atoms with Crippen molar-refractivity contribution in [2.24, 2.45) is 28.6 Å². The van der Waals surface area contributed by atoms with Crippen molar-refractivity contribution in [1.29, 1.82) is 0 Å². The van der Waals surface area contributed by atoms with Crippen molar-refractivity contribution >= 4 is 0 Å². The summed E-state index contributed by atoms with van der Waals surface area (Å²) in [7, 11) is 0. The molecule has 0 bridgehead atoms. The van der Waals surface area contributed by atoms with Gasteiger partial charge < -0.3 is 14.8 Å². The van der Waals surface area contributed by atoms with Crippen molar-refractivity contribution in [2.75, 3.05) is 0 Å². The Hall–Kier alpha value is -0.870. The quantitative estimate of drug-likeness (QED) is 0.759. The van der Waals surface area contributed by atoms with Gasteiger partial charge in [0.15, 0.2) is 0 Å². The van der Waals surface area contributed by atoms with E-state index in [1.807, 2.05) is 6.33 Å². The predicted molar refractivity (Wildman–Crippen MR) is 114 cm³/mol. The fourth-order valence-electron chi connectivity index (χ4n) is 8.61. The lowest BCUT2D eigenvalue weighted by Crippen LogP contribution is -2.62. The number of imidazole rings is 1. The smallest absolute Gasteiger partial charge is 0.0949 e. The van der Waals surface area contributed by atoms with Gasteiger partial charge in [0, 0.05) is 24.1 Å². The Kier molecular flexibility index (Phi) is 4.71. The first-order chi connectivity index (χ1) is 13.8. The first-order valence-electron chi connectivity index (χ1n) is 12.2. The Morgan fingerprint density at radius 3 is 2.69 bits per heavy atom. The molecule has 4 aliphatic carbocycles. The normalized spacial score (nSPS) is 49.3. The lowest BCUT2D eigenvalue weighted by atomic mass is 9.43. The number of aromatic nitrogens is 2. The predicted octanol–water partition coefficient (Wildman–Crippen LogP) is 4.90. The fourth-order valence-corrected chi connectivity index (χ4v) is 8.61. The second kappa shape index (κ2) is 6.82. The van der Waals surface area contributed by atoms with Gasteiger partial charge in [-0.25, -0.2) is 4.98 Å². The van der Waals surface area contributed by atoms with Crippen LogP contribution in [0.1, 0.15) is 96.6 Å². The number of aliphatic hydroxyl groups is 2. The van der Waals surface area contributed by atoms with Gasteiger partial charge in [0.25, 0.3) is 0 Å². The summed E-state index contributed by atoms with van der Waals surface area (Å²) in [6, 6.07) is 0. The van der Waals surface area contributed by atoms with E-state index < -0.39 is 5.60 Å². The monoisotopic (exact) mass is 400 g/mol. The van der Waals surface area contributed by atoms with Crippen LogP contribution < -0.4 is 0 Å². The average molecular weight is 401 g/mol. The lowest BCUT2D eigenvalue weighted by molar-refractivity contribution is -0.205. The van der Waals surface area contributed by atoms with Crippen LogP contribution in [0, 0.1) is 28.6 Å². The van der Waals surface area contributed by atoms with E-state index in [0.29, 0.717) is 29.1 Å². The molecule has 2 unspecified atom stereocenters. The summed E-state index contributed by atoms with van der Waals surface area (Å²) in [6.45, 7) is 8.10. The number of aryl methyl sites for hydroxylation is 1. The molecule has 4 heteroatoms. The van der Waals surface area contributed by atoms with Crippen molar-refractivity contribution in [3.8, 4) is 0 Å². The Labute approximate surface area is 176 Å². The lowest BCUT2D eigenvalue weighted by Gasteiger charge is -2.63. The van der Waals surface area contributed by atoms with Crippen molar-refractivity contribution in [2.45, 2.75) is 109 Å². The zero-order valence-corrected chi connectivity index (χ0v) is 18.6. The molecule has 2 N–H and O–H groups in total. The Morgan fingerprint density at radius 1 is 1.07 bits per heavy atom. The van der Waals surface area contributed by atoms with Crippen LogP contribution in [0.25, 0.3) is 0 Å². The molecule has 4 saturated carbocycles. The third-order valence-electron chi connectivity index (χ3n) is 10.3. The van der Waals surface area contributed by atoms with Gasteiger partial charge in [-0.3, -0.25) is 0 Å². The van der Waals surface area contributed by atoms with Crippen LogP contribution in [0.4, 0.5) is 0 Å². The minimum absolute atomic E-state index is 0.0586. The number of rotatable bonds is 3. The average Bonchev–Trinajstić information content (AvgIpc) is 3.24. The van der Waals surface area contributed by atoms with Crippen LogP contribution in [0.15, 0.2) is 12.5 Å². The summed E-state index contributed by atoms with van der Waals surface area (Å²) in [5, 5.41) is 22.5. The molecule has 0 saturated heterocycles. The van der Waals surface area contributed by atoms with E-state index >= 15 is 0 Å². The molecule has 1 aromatic heterocycles. The van der Waals surface area contributed by atoms with Gasteiger partial charge in [0.05, 0.1) is 23.7 Å². The van der Waals surface area contributed by atoms with Crippen LogP contribution in [-0.4, -0.2) is 31.5 Å². The van der Waals surface area contributed by atoms with Gasteiger partial charge in [0.2, 0.25) is 0 Å². The van der Waals surface area contributed by atoms with Gasteiger partial charge in [-0.1, -0.05) is 20.8 Å². The van der Waals surface area contributed by atoms with Crippen LogP contribution in [0.2, 0.25) is 0 Å². The molecule has 4 nitrogen and oxygen atoms in total. The van der Waals surface area contributed by atoms with Crippen molar-refractivity contribution in [1.82, 2.24) is 9.55 Å². The first-order valence-corrected chi connectivity index (χ1v) is 12.2. The summed E-state index contributed by atoms with van der Waals surface area (Å²) in [5.74, 6) is 2.05. The first kappa shape index (κ1) is 20.1. The van der Waals surface area contributed by atoms with Gasteiger partial charge in [-0.2, -0.15) is 0 Å². The van der Waals surface area contributed by atoms with Gasteiger partial charge >= 0.3 is 0 Å². The highest BCUT2D eigenvalue weighted by Crippen LogP contribution is 2.70. The standard InChI is InChI=1S/C25H40N2O2/c1-4-13-27-15-22(26-16-27)21-9-12-25(29)20-6-5-17-14-18(28)7-10-23(17,2)19(20)8-11-24(21,25)3/h15-21,28-29H,4-14H2,1-3H3/t17-,18+,19?,20?,21-,23+,24-,25+/m1/s1. The van der Waals surface area contributed by atoms with Gasteiger partial charge in [-0.15, -0.1) is 0 Å². The molecule has 8 atom stereocenters. The molecule has 162 valence electrons. The van der Waals surface area contributed by atoms with Crippen LogP contribution in [0.3, 0.4) is 0 Å². The highest BCUT2D eigenvalue weighted by atomic mass is 16.3. The van der Waals surface area contributed by atoms with Gasteiger partial charge in [0.1, 0.15) is 0 Å². The van der Waals surface area contributed by atoms with Crippen molar-refractivity contribution in [3.05, 3.63) is 18.2 Å². The van der Waals surface area contributed by atoms with Crippen LogP contribution in [-0.2, 0) is 6.54 Å². The van der Waals surface area contributed by atoms with E-state index in [4.69, 9.17) is 4.98 Å². The molecule has 1 heterocycles. The highest BCUT2D eigenvalue weighted by molar-refractivity contribution is 5.24. The Morgan fingerprint density at radius 2 is 1.90 bits per heavy atom. The maximum atomic E-state index is 12.3. The second-order valence-electron chi connectivity index (χ2n) is 11.4. The number of nitrogens with zero attached hydrogens (tertiary/aromatic N) is 2. The molecule has 4 aliphatic rings. The number of hydrogen-bond acceptors (Lipinski definition) is 3. The number of fused-ring (bicyclic) bond motifs is 5. The zero-order valence-electron chi connectivity index (χ0n) is 18.6. The Bertz CT molecular complexity index is 762. The number of hydrogen-bond donors (Lipinski definition) is 2. The molecule has 0 radical (unpaired) electrons. The molecular weight excluding hydrogens is 360 g/mol. The molecule has 0 aromatic carbocycles. The summed E-state index contributed by atoms with van der Waals surface area (Å²) >= 11 is 0.